The van der Waals surface area contributed by atoms with E-state index in [-0.39, 0.29) is 23.3 Å². The lowest BCUT2D eigenvalue weighted by molar-refractivity contribution is -0.124. The Bertz CT molecular complexity index is 367. The highest BCUT2D eigenvalue weighted by molar-refractivity contribution is 6.29. The van der Waals surface area contributed by atoms with Crippen molar-refractivity contribution < 1.29 is 9.59 Å². The second-order valence-electron chi connectivity index (χ2n) is 2.63. The molecular weight excluding hydrogens is 206 g/mol. The summed E-state index contributed by atoms with van der Waals surface area (Å²) < 4.78 is 0. The van der Waals surface area contributed by atoms with Gasteiger partial charge in [-0.2, -0.15) is 0 Å². The minimum Gasteiger partial charge on any atom is -0.299 e. The van der Waals surface area contributed by atoms with Crippen LogP contribution in [0.4, 0.5) is 5.95 Å². The van der Waals surface area contributed by atoms with E-state index in [1.165, 1.54) is 19.2 Å². The molecule has 1 rings (SSSR count). The van der Waals surface area contributed by atoms with Crippen LogP contribution in [-0.4, -0.2) is 21.7 Å². The molecule has 0 saturated carbocycles. The molecule has 0 atom stereocenters. The molecule has 1 aromatic heterocycles. The maximum absolute atomic E-state index is 11.1. The average Bonchev–Trinajstić information content (AvgIpc) is 2.01. The number of ketones is 1. The fourth-order valence-corrected chi connectivity index (χ4v) is 0.928. The molecule has 0 fully saturated rings. The lowest BCUT2D eigenvalue weighted by atomic mass is 10.3. The zero-order valence-electron chi connectivity index (χ0n) is 7.45. The van der Waals surface area contributed by atoms with Gasteiger partial charge in [0.2, 0.25) is 11.9 Å². The van der Waals surface area contributed by atoms with Gasteiger partial charge in [-0.3, -0.25) is 14.9 Å². The summed E-state index contributed by atoms with van der Waals surface area (Å²) in [5.41, 5.74) is 0. The van der Waals surface area contributed by atoms with Crippen molar-refractivity contribution in [1.29, 1.82) is 0 Å². The molecule has 14 heavy (non-hydrogen) atoms. The van der Waals surface area contributed by atoms with E-state index in [4.69, 9.17) is 11.6 Å². The molecule has 5 nitrogen and oxygen atoms in total. The number of amides is 1. The van der Waals surface area contributed by atoms with Crippen LogP contribution in [0.25, 0.3) is 0 Å². The standard InChI is InChI=1S/C8H8ClN3O2/c1-5(13)4-7(14)12-8-10-3-2-6(9)11-8/h2-3H,4H2,1H3,(H,10,11,12,14). The van der Waals surface area contributed by atoms with Gasteiger partial charge in [-0.25, -0.2) is 9.97 Å². The van der Waals surface area contributed by atoms with Gasteiger partial charge in [-0.1, -0.05) is 11.6 Å². The first-order valence-corrected chi connectivity index (χ1v) is 4.23. The van der Waals surface area contributed by atoms with Gasteiger partial charge in [-0.15, -0.1) is 0 Å². The summed E-state index contributed by atoms with van der Waals surface area (Å²) in [6.07, 6.45) is 1.23. The predicted molar refractivity (Wildman–Crippen MR) is 51.0 cm³/mol. The summed E-state index contributed by atoms with van der Waals surface area (Å²) in [6, 6.07) is 1.49. The molecule has 0 spiro atoms. The molecule has 1 heterocycles. The summed E-state index contributed by atoms with van der Waals surface area (Å²) in [4.78, 5) is 29.1. The molecule has 74 valence electrons. The van der Waals surface area contributed by atoms with Crippen molar-refractivity contribution in [2.24, 2.45) is 0 Å². The second-order valence-corrected chi connectivity index (χ2v) is 3.02. The summed E-state index contributed by atoms with van der Waals surface area (Å²) in [6.45, 7) is 1.33. The van der Waals surface area contributed by atoms with E-state index in [2.05, 4.69) is 15.3 Å². The van der Waals surface area contributed by atoms with E-state index < -0.39 is 5.91 Å². The number of anilines is 1. The monoisotopic (exact) mass is 213 g/mol. The van der Waals surface area contributed by atoms with Crippen molar-refractivity contribution in [1.82, 2.24) is 9.97 Å². The highest BCUT2D eigenvalue weighted by Crippen LogP contribution is 2.05. The van der Waals surface area contributed by atoms with Crippen LogP contribution in [0.2, 0.25) is 5.15 Å². The van der Waals surface area contributed by atoms with Crippen LogP contribution in [0, 0.1) is 0 Å². The fourth-order valence-electron chi connectivity index (χ4n) is 0.792. The Hall–Kier alpha value is -1.49. The van der Waals surface area contributed by atoms with E-state index in [0.717, 1.165) is 0 Å². The van der Waals surface area contributed by atoms with Crippen molar-refractivity contribution in [2.75, 3.05) is 5.32 Å². The number of aromatic nitrogens is 2. The molecule has 0 aliphatic carbocycles. The van der Waals surface area contributed by atoms with E-state index >= 15 is 0 Å². The Labute approximate surface area is 85.5 Å². The molecule has 0 aliphatic rings. The third kappa shape index (κ3) is 3.49. The minimum atomic E-state index is -0.445. The number of carbonyl (C=O) groups is 2. The lowest BCUT2D eigenvalue weighted by Gasteiger charge is -2.00. The third-order valence-electron chi connectivity index (χ3n) is 1.28. The van der Waals surface area contributed by atoms with Crippen LogP contribution in [-0.2, 0) is 9.59 Å². The quantitative estimate of drug-likeness (QED) is 0.602. The Kier molecular flexibility index (Phi) is 3.53. The fraction of sp³-hybridized carbons (Fsp3) is 0.250. The molecule has 0 aliphatic heterocycles. The summed E-state index contributed by atoms with van der Waals surface area (Å²) in [5.74, 6) is -0.562. The number of Topliss-reactive ketones (excluding diaryl/α,β-unsaturated/α-hetero) is 1. The first-order chi connectivity index (χ1) is 6.58. The van der Waals surface area contributed by atoms with Crippen LogP contribution < -0.4 is 5.32 Å². The van der Waals surface area contributed by atoms with Crippen LogP contribution in [0.5, 0.6) is 0 Å². The van der Waals surface area contributed by atoms with Crippen LogP contribution >= 0.6 is 11.6 Å². The lowest BCUT2D eigenvalue weighted by Crippen LogP contribution is -2.16. The third-order valence-corrected chi connectivity index (χ3v) is 1.49. The van der Waals surface area contributed by atoms with Gasteiger partial charge >= 0.3 is 0 Å². The highest BCUT2D eigenvalue weighted by Gasteiger charge is 2.06. The van der Waals surface area contributed by atoms with E-state index in [1.807, 2.05) is 0 Å². The van der Waals surface area contributed by atoms with Crippen LogP contribution in [0.1, 0.15) is 13.3 Å². The van der Waals surface area contributed by atoms with Gasteiger partial charge in [0.05, 0.1) is 6.42 Å². The molecule has 1 N–H and O–H groups in total. The Morgan fingerprint density at radius 1 is 1.57 bits per heavy atom. The number of halogens is 1. The van der Waals surface area contributed by atoms with E-state index in [1.54, 1.807) is 0 Å². The largest absolute Gasteiger partial charge is 0.299 e. The molecule has 0 radical (unpaired) electrons. The molecular formula is C8H8ClN3O2. The van der Waals surface area contributed by atoms with Gasteiger partial charge in [0.15, 0.2) is 0 Å². The van der Waals surface area contributed by atoms with Gasteiger partial charge in [0.1, 0.15) is 10.9 Å². The summed E-state index contributed by atoms with van der Waals surface area (Å²) in [5, 5.41) is 2.58. The summed E-state index contributed by atoms with van der Waals surface area (Å²) in [7, 11) is 0. The molecule has 0 unspecified atom stereocenters. The van der Waals surface area contributed by atoms with Crippen molar-refractivity contribution in [3.63, 3.8) is 0 Å². The first-order valence-electron chi connectivity index (χ1n) is 3.86. The Morgan fingerprint density at radius 3 is 2.86 bits per heavy atom. The van der Waals surface area contributed by atoms with Crippen molar-refractivity contribution in [3.8, 4) is 0 Å². The smallest absolute Gasteiger partial charge is 0.234 e. The molecule has 0 aromatic carbocycles. The number of rotatable bonds is 3. The highest BCUT2D eigenvalue weighted by atomic mass is 35.5. The SMILES string of the molecule is CC(=O)CC(=O)Nc1nccc(Cl)n1. The second kappa shape index (κ2) is 4.66. The number of nitrogens with one attached hydrogen (secondary N) is 1. The van der Waals surface area contributed by atoms with E-state index in [0.29, 0.717) is 0 Å². The molecule has 1 amide bonds. The van der Waals surface area contributed by atoms with Crippen molar-refractivity contribution in [3.05, 3.63) is 17.4 Å². The maximum Gasteiger partial charge on any atom is 0.234 e. The van der Waals surface area contributed by atoms with Crippen molar-refractivity contribution in [2.45, 2.75) is 13.3 Å². The maximum atomic E-state index is 11.1. The molecule has 1 aromatic rings. The zero-order valence-corrected chi connectivity index (χ0v) is 8.21. The molecule has 6 heteroatoms. The number of hydrogen-bond acceptors (Lipinski definition) is 4. The van der Waals surface area contributed by atoms with Gasteiger partial charge in [0, 0.05) is 6.20 Å². The molecule has 0 bridgehead atoms. The Morgan fingerprint density at radius 2 is 2.29 bits per heavy atom. The average molecular weight is 214 g/mol. The van der Waals surface area contributed by atoms with Gasteiger partial charge in [-0.05, 0) is 13.0 Å². The van der Waals surface area contributed by atoms with E-state index in [9.17, 15) is 9.59 Å². The summed E-state index contributed by atoms with van der Waals surface area (Å²) >= 11 is 5.56. The number of hydrogen-bond donors (Lipinski definition) is 1. The van der Waals surface area contributed by atoms with Gasteiger partial charge < -0.3 is 0 Å². The first kappa shape index (κ1) is 10.6. The number of nitrogens with zero attached hydrogens (tertiary/aromatic N) is 2. The minimum absolute atomic E-state index is 0.101. The topological polar surface area (TPSA) is 72.0 Å². The van der Waals surface area contributed by atoms with Crippen molar-refractivity contribution >= 4 is 29.2 Å². The normalized spacial score (nSPS) is 9.57. The number of carbonyl (C=O) groups excluding carboxylic acids is 2. The molecule has 0 saturated heterocycles. The predicted octanol–water partition coefficient (Wildman–Crippen LogP) is 1.05. The van der Waals surface area contributed by atoms with Gasteiger partial charge in [0.25, 0.3) is 0 Å². The zero-order chi connectivity index (χ0) is 10.6. The van der Waals surface area contributed by atoms with Crippen LogP contribution in [0.3, 0.4) is 0 Å². The van der Waals surface area contributed by atoms with Crippen LogP contribution in [0.15, 0.2) is 12.3 Å². The Balaban J connectivity index is 2.60.